The first kappa shape index (κ1) is 12.6. The number of Topliss-reactive ketones (excluding diaryl/α,β-unsaturated/α-hetero) is 1. The average Bonchev–Trinajstić information content (AvgIpc) is 2.22. The number of ketones is 1. The third-order valence-electron chi connectivity index (χ3n) is 3.01. The second-order valence-electron chi connectivity index (χ2n) is 4.27. The van der Waals surface area contributed by atoms with Crippen LogP contribution >= 0.6 is 0 Å². The quantitative estimate of drug-likeness (QED) is 0.726. The van der Waals surface area contributed by atoms with Gasteiger partial charge in [-0.25, -0.2) is 4.39 Å². The van der Waals surface area contributed by atoms with E-state index in [-0.39, 0.29) is 18.6 Å². The lowest BCUT2D eigenvalue weighted by molar-refractivity contribution is -0.140. The number of carbonyl (C=O) groups excluding carboxylic acids is 1. The topological polar surface area (TPSA) is 40.9 Å². The summed E-state index contributed by atoms with van der Waals surface area (Å²) < 4.78 is 51.5. The molecule has 1 aromatic carbocycles. The maximum Gasteiger partial charge on any atom is 0.416 e. The highest BCUT2D eigenvalue weighted by molar-refractivity contribution is 5.90. The minimum atomic E-state index is -4.68. The molecule has 0 radical (unpaired) electrons. The SMILES string of the molecule is N#CC1(c2cc(F)ccc2C(F)(F)F)CC(=O)C1. The maximum absolute atomic E-state index is 13.1. The number of halogens is 4. The van der Waals surface area contributed by atoms with Gasteiger partial charge in [-0.1, -0.05) is 0 Å². The number of hydrogen-bond donors (Lipinski definition) is 0. The van der Waals surface area contributed by atoms with Gasteiger partial charge in [-0.05, 0) is 23.8 Å². The molecule has 0 unspecified atom stereocenters. The molecule has 1 aliphatic carbocycles. The van der Waals surface area contributed by atoms with E-state index in [9.17, 15) is 22.4 Å². The molecule has 0 N–H and O–H groups in total. The number of hydrogen-bond acceptors (Lipinski definition) is 2. The van der Waals surface area contributed by atoms with Crippen LogP contribution in [0.4, 0.5) is 17.6 Å². The van der Waals surface area contributed by atoms with E-state index in [1.54, 1.807) is 6.07 Å². The van der Waals surface area contributed by atoms with Gasteiger partial charge in [0.15, 0.2) is 0 Å². The van der Waals surface area contributed by atoms with Crippen LogP contribution in [0.15, 0.2) is 18.2 Å². The lowest BCUT2D eigenvalue weighted by Gasteiger charge is -2.35. The second kappa shape index (κ2) is 3.80. The summed E-state index contributed by atoms with van der Waals surface area (Å²) in [5.41, 5.74) is -3.04. The second-order valence-corrected chi connectivity index (χ2v) is 4.27. The third kappa shape index (κ3) is 1.86. The highest BCUT2D eigenvalue weighted by atomic mass is 19.4. The molecule has 0 amide bonds. The van der Waals surface area contributed by atoms with Gasteiger partial charge in [-0.2, -0.15) is 18.4 Å². The lowest BCUT2D eigenvalue weighted by atomic mass is 9.63. The zero-order valence-electron chi connectivity index (χ0n) is 9.01. The number of nitrogens with zero attached hydrogens (tertiary/aromatic N) is 1. The number of alkyl halides is 3. The minimum absolute atomic E-state index is 0.296. The zero-order chi connectivity index (χ0) is 13.6. The van der Waals surface area contributed by atoms with E-state index in [2.05, 4.69) is 0 Å². The largest absolute Gasteiger partial charge is 0.416 e. The molecular weight excluding hydrogens is 250 g/mol. The van der Waals surface area contributed by atoms with Crippen LogP contribution in [0, 0.1) is 17.1 Å². The van der Waals surface area contributed by atoms with Gasteiger partial charge >= 0.3 is 6.18 Å². The number of rotatable bonds is 1. The standard InChI is InChI=1S/C12H7F4NO/c13-7-1-2-9(12(14,15)16)10(3-7)11(6-17)4-8(18)5-11/h1-3H,4-5H2. The fourth-order valence-corrected chi connectivity index (χ4v) is 2.11. The summed E-state index contributed by atoms with van der Waals surface area (Å²) in [6.45, 7) is 0. The Bertz CT molecular complexity index is 548. The van der Waals surface area contributed by atoms with E-state index >= 15 is 0 Å². The first-order valence-corrected chi connectivity index (χ1v) is 5.09. The van der Waals surface area contributed by atoms with Crippen molar-refractivity contribution in [3.63, 3.8) is 0 Å². The summed E-state index contributed by atoms with van der Waals surface area (Å²) in [5.74, 6) is -1.15. The van der Waals surface area contributed by atoms with E-state index in [0.29, 0.717) is 18.2 Å². The summed E-state index contributed by atoms with van der Waals surface area (Å²) in [4.78, 5) is 11.0. The van der Waals surface area contributed by atoms with E-state index in [0.717, 1.165) is 0 Å². The summed E-state index contributed by atoms with van der Waals surface area (Å²) in [6.07, 6.45) is -5.27. The summed E-state index contributed by atoms with van der Waals surface area (Å²) in [7, 11) is 0. The highest BCUT2D eigenvalue weighted by Crippen LogP contribution is 2.46. The molecule has 0 bridgehead atoms. The van der Waals surface area contributed by atoms with Crippen molar-refractivity contribution in [2.45, 2.75) is 24.4 Å². The highest BCUT2D eigenvalue weighted by Gasteiger charge is 2.50. The van der Waals surface area contributed by atoms with Crippen molar-refractivity contribution in [1.82, 2.24) is 0 Å². The molecule has 0 spiro atoms. The molecule has 1 aromatic rings. The van der Waals surface area contributed by atoms with Crippen molar-refractivity contribution in [1.29, 1.82) is 5.26 Å². The Morgan fingerprint density at radius 2 is 1.89 bits per heavy atom. The molecule has 0 aliphatic heterocycles. The average molecular weight is 257 g/mol. The predicted molar refractivity (Wildman–Crippen MR) is 52.9 cm³/mol. The van der Waals surface area contributed by atoms with Crippen molar-refractivity contribution in [2.24, 2.45) is 0 Å². The predicted octanol–water partition coefficient (Wildman–Crippen LogP) is 2.97. The fraction of sp³-hybridized carbons (Fsp3) is 0.333. The van der Waals surface area contributed by atoms with E-state index in [1.165, 1.54) is 0 Å². The Labute approximate surface area is 99.8 Å². The first-order chi connectivity index (χ1) is 8.28. The van der Waals surface area contributed by atoms with Crippen LogP contribution in [-0.4, -0.2) is 5.78 Å². The van der Waals surface area contributed by atoms with E-state index in [1.807, 2.05) is 0 Å². The van der Waals surface area contributed by atoms with E-state index in [4.69, 9.17) is 5.26 Å². The molecule has 1 aliphatic rings. The van der Waals surface area contributed by atoms with Gasteiger partial charge in [0.05, 0.1) is 17.0 Å². The molecule has 18 heavy (non-hydrogen) atoms. The monoisotopic (exact) mass is 257 g/mol. The molecule has 2 rings (SSSR count). The smallest absolute Gasteiger partial charge is 0.300 e. The van der Waals surface area contributed by atoms with Crippen LogP contribution in [-0.2, 0) is 16.4 Å². The minimum Gasteiger partial charge on any atom is -0.300 e. The van der Waals surface area contributed by atoms with Crippen LogP contribution < -0.4 is 0 Å². The number of benzene rings is 1. The maximum atomic E-state index is 13.1. The van der Waals surface area contributed by atoms with Crippen LogP contribution in [0.25, 0.3) is 0 Å². The molecule has 1 fully saturated rings. The van der Waals surface area contributed by atoms with Crippen molar-refractivity contribution in [2.75, 3.05) is 0 Å². The molecule has 0 atom stereocenters. The van der Waals surface area contributed by atoms with Crippen molar-refractivity contribution in [3.05, 3.63) is 35.1 Å². The van der Waals surface area contributed by atoms with Crippen LogP contribution in [0.1, 0.15) is 24.0 Å². The number of carbonyl (C=O) groups is 1. The van der Waals surface area contributed by atoms with Gasteiger partial charge in [0, 0.05) is 12.8 Å². The Hall–Kier alpha value is -1.90. The van der Waals surface area contributed by atoms with Gasteiger partial charge in [0.1, 0.15) is 11.6 Å². The Morgan fingerprint density at radius 1 is 1.28 bits per heavy atom. The molecule has 0 heterocycles. The van der Waals surface area contributed by atoms with Gasteiger partial charge in [-0.3, -0.25) is 4.79 Å². The summed E-state index contributed by atoms with van der Waals surface area (Å²) in [5, 5.41) is 9.00. The van der Waals surface area contributed by atoms with Crippen molar-refractivity contribution >= 4 is 5.78 Å². The van der Waals surface area contributed by atoms with E-state index < -0.39 is 28.5 Å². The molecule has 94 valence electrons. The Balaban J connectivity index is 2.60. The summed E-state index contributed by atoms with van der Waals surface area (Å²) >= 11 is 0. The fourth-order valence-electron chi connectivity index (χ4n) is 2.11. The Morgan fingerprint density at radius 3 is 2.33 bits per heavy atom. The first-order valence-electron chi connectivity index (χ1n) is 5.09. The van der Waals surface area contributed by atoms with Crippen molar-refractivity contribution in [3.8, 4) is 6.07 Å². The van der Waals surface area contributed by atoms with Gasteiger partial charge < -0.3 is 0 Å². The molecule has 0 saturated heterocycles. The van der Waals surface area contributed by atoms with Crippen LogP contribution in [0.2, 0.25) is 0 Å². The third-order valence-corrected chi connectivity index (χ3v) is 3.01. The molecular formula is C12H7F4NO. The zero-order valence-corrected chi connectivity index (χ0v) is 9.01. The van der Waals surface area contributed by atoms with Crippen LogP contribution in [0.3, 0.4) is 0 Å². The summed E-state index contributed by atoms with van der Waals surface area (Å²) in [6, 6.07) is 3.70. The van der Waals surface area contributed by atoms with Crippen molar-refractivity contribution < 1.29 is 22.4 Å². The normalized spacial score (nSPS) is 18.1. The Kier molecular flexibility index (Phi) is 2.65. The molecule has 6 heteroatoms. The van der Waals surface area contributed by atoms with Crippen LogP contribution in [0.5, 0.6) is 0 Å². The number of nitriles is 1. The van der Waals surface area contributed by atoms with Gasteiger partial charge in [0.2, 0.25) is 0 Å². The molecule has 2 nitrogen and oxygen atoms in total. The molecule has 0 aromatic heterocycles. The van der Waals surface area contributed by atoms with Gasteiger partial charge in [0.25, 0.3) is 0 Å². The lowest BCUT2D eigenvalue weighted by Crippen LogP contribution is -2.41. The molecule has 1 saturated carbocycles. The van der Waals surface area contributed by atoms with Gasteiger partial charge in [-0.15, -0.1) is 0 Å².